The summed E-state index contributed by atoms with van der Waals surface area (Å²) in [5, 5.41) is 20.2. The SMILES string of the molecule is COc1ccc(C(CC(=O)O)Oc2ccc(N(CC(=O)O)S(=O)(=O)c3c(C)cc(C)cc3C)c3ccccc23)cc1. The van der Waals surface area contributed by atoms with Gasteiger partial charge in [0.1, 0.15) is 24.1 Å². The van der Waals surface area contributed by atoms with Gasteiger partial charge < -0.3 is 19.7 Å². The summed E-state index contributed by atoms with van der Waals surface area (Å²) in [6.07, 6.45) is -1.18. The number of hydrogen-bond donors (Lipinski definition) is 2. The van der Waals surface area contributed by atoms with Crippen molar-refractivity contribution >= 4 is 38.4 Å². The molecule has 41 heavy (non-hydrogen) atoms. The lowest BCUT2D eigenvalue weighted by molar-refractivity contribution is -0.139. The molecule has 0 aliphatic heterocycles. The van der Waals surface area contributed by atoms with Crippen molar-refractivity contribution in [2.75, 3.05) is 18.0 Å². The van der Waals surface area contributed by atoms with Crippen molar-refractivity contribution < 1.29 is 37.7 Å². The lowest BCUT2D eigenvalue weighted by Gasteiger charge is -2.27. The van der Waals surface area contributed by atoms with Gasteiger partial charge in [0.2, 0.25) is 0 Å². The summed E-state index contributed by atoms with van der Waals surface area (Å²) in [5.74, 6) is -1.45. The van der Waals surface area contributed by atoms with Gasteiger partial charge in [-0.05, 0) is 61.7 Å². The van der Waals surface area contributed by atoms with E-state index in [2.05, 4.69) is 0 Å². The molecule has 0 amide bonds. The highest BCUT2D eigenvalue weighted by Crippen LogP contribution is 2.39. The number of anilines is 1. The van der Waals surface area contributed by atoms with Crippen LogP contribution in [0.4, 0.5) is 5.69 Å². The van der Waals surface area contributed by atoms with Crippen LogP contribution in [0.1, 0.15) is 34.8 Å². The predicted octanol–water partition coefficient (Wildman–Crippen LogP) is 5.65. The number of hydrogen-bond acceptors (Lipinski definition) is 6. The van der Waals surface area contributed by atoms with Gasteiger partial charge in [0, 0.05) is 10.8 Å². The first-order chi connectivity index (χ1) is 19.4. The molecular weight excluding hydrogens is 546 g/mol. The van der Waals surface area contributed by atoms with Gasteiger partial charge in [-0.2, -0.15) is 0 Å². The molecule has 0 bridgehead atoms. The third-order valence-electron chi connectivity index (χ3n) is 6.68. The molecule has 0 saturated carbocycles. The van der Waals surface area contributed by atoms with Gasteiger partial charge in [-0.25, -0.2) is 8.42 Å². The number of methoxy groups -OCH3 is 1. The summed E-state index contributed by atoms with van der Waals surface area (Å²) in [5.41, 5.74) is 2.69. The van der Waals surface area contributed by atoms with E-state index in [1.165, 1.54) is 19.2 Å². The maximum Gasteiger partial charge on any atom is 0.324 e. The number of ether oxygens (including phenoxy) is 2. The van der Waals surface area contributed by atoms with Crippen LogP contribution in [0.5, 0.6) is 11.5 Å². The minimum Gasteiger partial charge on any atom is -0.497 e. The molecule has 4 rings (SSSR count). The van der Waals surface area contributed by atoms with E-state index < -0.39 is 34.6 Å². The van der Waals surface area contributed by atoms with Gasteiger partial charge in [0.05, 0.1) is 24.1 Å². The van der Waals surface area contributed by atoms with Gasteiger partial charge in [0.25, 0.3) is 10.0 Å². The summed E-state index contributed by atoms with van der Waals surface area (Å²) in [6, 6.07) is 20.2. The number of carboxylic acid groups (broad SMARTS) is 2. The van der Waals surface area contributed by atoms with Crippen LogP contribution in [-0.2, 0) is 19.6 Å². The summed E-state index contributed by atoms with van der Waals surface area (Å²) >= 11 is 0. The van der Waals surface area contributed by atoms with E-state index in [1.807, 2.05) is 6.92 Å². The number of aliphatic carboxylic acids is 2. The summed E-state index contributed by atoms with van der Waals surface area (Å²) in [6.45, 7) is 4.43. The number of nitrogens with zero attached hydrogens (tertiary/aromatic N) is 1. The van der Waals surface area contributed by atoms with Gasteiger partial charge in [0.15, 0.2) is 0 Å². The first-order valence-corrected chi connectivity index (χ1v) is 14.2. The number of benzene rings is 4. The van der Waals surface area contributed by atoms with Crippen LogP contribution in [0.15, 0.2) is 77.7 Å². The van der Waals surface area contributed by atoms with Crippen molar-refractivity contribution in [3.63, 3.8) is 0 Å². The zero-order valence-corrected chi connectivity index (χ0v) is 23.9. The van der Waals surface area contributed by atoms with Gasteiger partial charge >= 0.3 is 11.9 Å². The molecule has 0 heterocycles. The first kappa shape index (κ1) is 29.4. The molecule has 0 aliphatic carbocycles. The second kappa shape index (κ2) is 11.9. The molecule has 1 atom stereocenters. The van der Waals surface area contributed by atoms with E-state index in [1.54, 1.807) is 74.5 Å². The monoisotopic (exact) mass is 577 g/mol. The standard InChI is InChI=1S/C31H31NO8S/c1-19-15-20(2)31(21(3)16-19)41(37,38)32(18-30(35)36)26-13-14-27(25-8-6-5-7-24(25)26)40-28(17-29(33)34)22-9-11-23(39-4)12-10-22/h5-16,28H,17-18H2,1-4H3,(H,33,34)(H,35,36). The topological polar surface area (TPSA) is 130 Å². The summed E-state index contributed by atoms with van der Waals surface area (Å²) < 4.78 is 40.4. The van der Waals surface area contributed by atoms with Crippen molar-refractivity contribution in [2.24, 2.45) is 0 Å². The van der Waals surface area contributed by atoms with Crippen LogP contribution >= 0.6 is 0 Å². The largest absolute Gasteiger partial charge is 0.497 e. The zero-order chi connectivity index (χ0) is 29.9. The maximum absolute atomic E-state index is 14.0. The lowest BCUT2D eigenvalue weighted by Crippen LogP contribution is -2.36. The van der Waals surface area contributed by atoms with Crippen molar-refractivity contribution in [3.05, 3.63) is 95.1 Å². The van der Waals surface area contributed by atoms with Crippen LogP contribution in [0, 0.1) is 20.8 Å². The minimum absolute atomic E-state index is 0.0507. The number of rotatable bonds is 11. The highest BCUT2D eigenvalue weighted by molar-refractivity contribution is 7.93. The molecule has 0 saturated heterocycles. The highest BCUT2D eigenvalue weighted by atomic mass is 32.2. The predicted molar refractivity (Wildman–Crippen MR) is 155 cm³/mol. The van der Waals surface area contributed by atoms with Crippen LogP contribution < -0.4 is 13.8 Å². The van der Waals surface area contributed by atoms with Crippen molar-refractivity contribution in [1.82, 2.24) is 0 Å². The Bertz CT molecular complexity index is 1690. The van der Waals surface area contributed by atoms with Crippen LogP contribution in [0.25, 0.3) is 10.8 Å². The molecule has 10 heteroatoms. The maximum atomic E-state index is 14.0. The fourth-order valence-electron chi connectivity index (χ4n) is 5.04. The average Bonchev–Trinajstić information content (AvgIpc) is 2.90. The number of aryl methyl sites for hydroxylation is 3. The fourth-order valence-corrected chi connectivity index (χ4v) is 6.89. The van der Waals surface area contributed by atoms with E-state index in [-0.39, 0.29) is 17.0 Å². The molecule has 0 fully saturated rings. The fraction of sp³-hybridized carbons (Fsp3) is 0.226. The normalized spacial score (nSPS) is 12.1. The molecule has 0 aliphatic rings. The van der Waals surface area contributed by atoms with Crippen LogP contribution in [-0.4, -0.2) is 44.2 Å². The molecule has 2 N–H and O–H groups in total. The van der Waals surface area contributed by atoms with E-state index >= 15 is 0 Å². The molecular formula is C31H31NO8S. The molecule has 1 unspecified atom stereocenters. The number of carboxylic acids is 2. The molecule has 0 spiro atoms. The van der Waals surface area contributed by atoms with Crippen molar-refractivity contribution in [3.8, 4) is 11.5 Å². The Hall–Kier alpha value is -4.57. The first-order valence-electron chi connectivity index (χ1n) is 12.8. The average molecular weight is 578 g/mol. The Morgan fingerprint density at radius 2 is 1.46 bits per heavy atom. The number of fused-ring (bicyclic) bond motifs is 1. The number of sulfonamides is 1. The molecule has 0 radical (unpaired) electrons. The van der Waals surface area contributed by atoms with Crippen molar-refractivity contribution in [1.29, 1.82) is 0 Å². The molecule has 9 nitrogen and oxygen atoms in total. The second-order valence-electron chi connectivity index (χ2n) is 9.74. The second-order valence-corrected chi connectivity index (χ2v) is 11.5. The highest BCUT2D eigenvalue weighted by Gasteiger charge is 2.32. The Morgan fingerprint density at radius 3 is 2.02 bits per heavy atom. The van der Waals surface area contributed by atoms with Gasteiger partial charge in [-0.3, -0.25) is 13.9 Å². The van der Waals surface area contributed by atoms with Crippen LogP contribution in [0.2, 0.25) is 0 Å². The Balaban J connectivity index is 1.85. The van der Waals surface area contributed by atoms with Gasteiger partial charge in [-0.15, -0.1) is 0 Å². The molecule has 214 valence electrons. The quantitative estimate of drug-likeness (QED) is 0.234. The van der Waals surface area contributed by atoms with Gasteiger partial charge in [-0.1, -0.05) is 54.1 Å². The van der Waals surface area contributed by atoms with E-state index in [4.69, 9.17) is 9.47 Å². The van der Waals surface area contributed by atoms with Crippen LogP contribution in [0.3, 0.4) is 0 Å². The lowest BCUT2D eigenvalue weighted by atomic mass is 10.0. The Kier molecular flexibility index (Phi) is 8.53. The molecule has 4 aromatic rings. The Labute approximate surface area is 238 Å². The minimum atomic E-state index is -4.30. The van der Waals surface area contributed by atoms with E-state index in [0.29, 0.717) is 39.0 Å². The molecule has 4 aromatic carbocycles. The zero-order valence-electron chi connectivity index (χ0n) is 23.1. The molecule has 0 aromatic heterocycles. The summed E-state index contributed by atoms with van der Waals surface area (Å²) in [7, 11) is -2.77. The third-order valence-corrected chi connectivity index (χ3v) is 8.74. The number of carbonyl (C=O) groups is 2. The Morgan fingerprint density at radius 1 is 0.854 bits per heavy atom. The van der Waals surface area contributed by atoms with E-state index in [9.17, 15) is 28.2 Å². The smallest absolute Gasteiger partial charge is 0.324 e. The van der Waals surface area contributed by atoms with E-state index in [0.717, 1.165) is 9.87 Å². The van der Waals surface area contributed by atoms with Crippen molar-refractivity contribution in [2.45, 2.75) is 38.2 Å². The summed E-state index contributed by atoms with van der Waals surface area (Å²) in [4.78, 5) is 23.7. The third kappa shape index (κ3) is 6.28.